The molecule has 0 bridgehead atoms. The number of amides is 1. The third-order valence-electron chi connectivity index (χ3n) is 2.61. The van der Waals surface area contributed by atoms with Crippen molar-refractivity contribution in [1.82, 2.24) is 0 Å². The van der Waals surface area contributed by atoms with Gasteiger partial charge in [0.05, 0.1) is 5.56 Å². The molecular weight excluding hydrogens is 288 g/mol. The van der Waals surface area contributed by atoms with Gasteiger partial charge in [0.1, 0.15) is 5.82 Å². The first kappa shape index (κ1) is 13.8. The number of nitrogens with one attached hydrogen (secondary N) is 1. The van der Waals surface area contributed by atoms with Crippen LogP contribution < -0.4 is 5.32 Å². The predicted molar refractivity (Wildman–Crippen MR) is 75.6 cm³/mol. The van der Waals surface area contributed by atoms with Gasteiger partial charge in [-0.15, -0.1) is 0 Å². The van der Waals surface area contributed by atoms with Gasteiger partial charge in [-0.3, -0.25) is 4.79 Å². The maximum atomic E-state index is 13.5. The van der Waals surface area contributed by atoms with E-state index in [1.807, 2.05) is 0 Å². The van der Waals surface area contributed by atoms with Crippen LogP contribution in [0.1, 0.15) is 15.9 Å². The Hall–Kier alpha value is -1.58. The quantitative estimate of drug-likeness (QED) is 0.856. The molecule has 0 saturated heterocycles. The molecule has 0 fully saturated rings. The molecule has 1 amide bonds. The summed E-state index contributed by atoms with van der Waals surface area (Å²) >= 11 is 11.6. The maximum absolute atomic E-state index is 13.5. The molecule has 2 aromatic rings. The van der Waals surface area contributed by atoms with Crippen LogP contribution in [0.3, 0.4) is 0 Å². The van der Waals surface area contributed by atoms with Crippen LogP contribution in [0.25, 0.3) is 0 Å². The highest BCUT2D eigenvalue weighted by molar-refractivity contribution is 6.31. The van der Waals surface area contributed by atoms with E-state index in [0.29, 0.717) is 15.7 Å². The molecule has 0 aliphatic rings. The minimum atomic E-state index is -0.617. The van der Waals surface area contributed by atoms with Gasteiger partial charge in [0.2, 0.25) is 0 Å². The van der Waals surface area contributed by atoms with E-state index < -0.39 is 11.7 Å². The highest BCUT2D eigenvalue weighted by Crippen LogP contribution is 2.21. The van der Waals surface area contributed by atoms with E-state index in [0.717, 1.165) is 11.6 Å². The van der Waals surface area contributed by atoms with Gasteiger partial charge in [0, 0.05) is 15.7 Å². The molecule has 2 nitrogen and oxygen atoms in total. The van der Waals surface area contributed by atoms with Crippen LogP contribution in [0, 0.1) is 12.7 Å². The normalized spacial score (nSPS) is 10.3. The fourth-order valence-corrected chi connectivity index (χ4v) is 2.03. The Labute approximate surface area is 120 Å². The minimum Gasteiger partial charge on any atom is -0.322 e. The zero-order valence-corrected chi connectivity index (χ0v) is 11.5. The third kappa shape index (κ3) is 3.25. The first-order valence-electron chi connectivity index (χ1n) is 5.50. The second-order valence-corrected chi connectivity index (χ2v) is 4.91. The Kier molecular flexibility index (Phi) is 4.08. The summed E-state index contributed by atoms with van der Waals surface area (Å²) in [6.45, 7) is 1.80. The molecule has 0 atom stereocenters. The monoisotopic (exact) mass is 297 g/mol. The average molecular weight is 298 g/mol. The molecule has 2 aromatic carbocycles. The Morgan fingerprint density at radius 3 is 2.42 bits per heavy atom. The summed E-state index contributed by atoms with van der Waals surface area (Å²) in [6.07, 6.45) is 0. The zero-order chi connectivity index (χ0) is 14.0. The van der Waals surface area contributed by atoms with E-state index in [2.05, 4.69) is 5.32 Å². The smallest absolute Gasteiger partial charge is 0.258 e. The van der Waals surface area contributed by atoms with E-state index in [-0.39, 0.29) is 5.56 Å². The summed E-state index contributed by atoms with van der Waals surface area (Å²) < 4.78 is 13.5. The van der Waals surface area contributed by atoms with Gasteiger partial charge in [-0.1, -0.05) is 23.2 Å². The Balaban J connectivity index is 2.28. The second kappa shape index (κ2) is 5.59. The molecule has 19 heavy (non-hydrogen) atoms. The Bertz CT molecular complexity index is 643. The van der Waals surface area contributed by atoms with Crippen molar-refractivity contribution in [1.29, 1.82) is 0 Å². The predicted octanol–water partition coefficient (Wildman–Crippen LogP) is 4.69. The SMILES string of the molecule is Cc1cc(Cl)ccc1NC(=O)c1cc(Cl)ccc1F. The van der Waals surface area contributed by atoms with Crippen molar-refractivity contribution in [3.05, 3.63) is 63.4 Å². The molecule has 2 rings (SSSR count). The van der Waals surface area contributed by atoms with Crippen molar-refractivity contribution < 1.29 is 9.18 Å². The van der Waals surface area contributed by atoms with Crippen molar-refractivity contribution in [3.8, 4) is 0 Å². The van der Waals surface area contributed by atoms with Crippen LogP contribution >= 0.6 is 23.2 Å². The van der Waals surface area contributed by atoms with Gasteiger partial charge >= 0.3 is 0 Å². The van der Waals surface area contributed by atoms with E-state index in [9.17, 15) is 9.18 Å². The molecule has 5 heteroatoms. The van der Waals surface area contributed by atoms with Gasteiger partial charge in [-0.2, -0.15) is 0 Å². The lowest BCUT2D eigenvalue weighted by atomic mass is 10.1. The topological polar surface area (TPSA) is 29.1 Å². The molecule has 98 valence electrons. The van der Waals surface area contributed by atoms with Crippen molar-refractivity contribution in [3.63, 3.8) is 0 Å². The summed E-state index contributed by atoms with van der Waals surface area (Å²) in [7, 11) is 0. The van der Waals surface area contributed by atoms with E-state index in [1.165, 1.54) is 12.1 Å². The van der Waals surface area contributed by atoms with Crippen molar-refractivity contribution in [2.45, 2.75) is 6.92 Å². The summed E-state index contributed by atoms with van der Waals surface area (Å²) in [6, 6.07) is 8.87. The minimum absolute atomic E-state index is 0.0955. The first-order valence-corrected chi connectivity index (χ1v) is 6.25. The standard InChI is InChI=1S/C14H10Cl2FNO/c1-8-6-9(15)3-5-13(8)18-14(19)11-7-10(16)2-4-12(11)17/h2-7H,1H3,(H,18,19). The molecule has 0 aromatic heterocycles. The highest BCUT2D eigenvalue weighted by Gasteiger charge is 2.13. The maximum Gasteiger partial charge on any atom is 0.258 e. The number of hydrogen-bond donors (Lipinski definition) is 1. The Morgan fingerprint density at radius 2 is 1.74 bits per heavy atom. The number of rotatable bonds is 2. The molecule has 0 unspecified atom stereocenters. The molecule has 0 aliphatic carbocycles. The third-order valence-corrected chi connectivity index (χ3v) is 3.08. The molecule has 0 saturated carbocycles. The van der Waals surface area contributed by atoms with Crippen LogP contribution in [0.5, 0.6) is 0 Å². The van der Waals surface area contributed by atoms with Crippen molar-refractivity contribution in [2.75, 3.05) is 5.32 Å². The molecule has 0 spiro atoms. The van der Waals surface area contributed by atoms with Crippen LogP contribution in [-0.4, -0.2) is 5.91 Å². The van der Waals surface area contributed by atoms with E-state index in [4.69, 9.17) is 23.2 Å². The van der Waals surface area contributed by atoms with Crippen LogP contribution in [0.2, 0.25) is 10.0 Å². The first-order chi connectivity index (χ1) is 8.97. The van der Waals surface area contributed by atoms with Gasteiger partial charge < -0.3 is 5.32 Å². The van der Waals surface area contributed by atoms with Crippen LogP contribution in [0.15, 0.2) is 36.4 Å². The fourth-order valence-electron chi connectivity index (χ4n) is 1.63. The highest BCUT2D eigenvalue weighted by atomic mass is 35.5. The number of hydrogen-bond acceptors (Lipinski definition) is 1. The molecule has 1 N–H and O–H groups in total. The summed E-state index contributed by atoms with van der Waals surface area (Å²) in [5.74, 6) is -1.17. The number of anilines is 1. The fraction of sp³-hybridized carbons (Fsp3) is 0.0714. The number of aryl methyl sites for hydroxylation is 1. The number of carbonyl (C=O) groups is 1. The lowest BCUT2D eigenvalue weighted by Crippen LogP contribution is -2.14. The molecule has 0 heterocycles. The van der Waals surface area contributed by atoms with Gasteiger partial charge in [0.25, 0.3) is 5.91 Å². The molecule has 0 radical (unpaired) electrons. The summed E-state index contributed by atoms with van der Waals surface area (Å²) in [4.78, 5) is 12.0. The van der Waals surface area contributed by atoms with Gasteiger partial charge in [-0.05, 0) is 48.9 Å². The zero-order valence-electron chi connectivity index (χ0n) is 10.0. The average Bonchev–Trinajstić information content (AvgIpc) is 2.35. The van der Waals surface area contributed by atoms with Gasteiger partial charge in [-0.25, -0.2) is 4.39 Å². The Morgan fingerprint density at radius 1 is 1.11 bits per heavy atom. The number of halogens is 3. The van der Waals surface area contributed by atoms with Crippen molar-refractivity contribution in [2.24, 2.45) is 0 Å². The second-order valence-electron chi connectivity index (χ2n) is 4.04. The van der Waals surface area contributed by atoms with Gasteiger partial charge in [0.15, 0.2) is 0 Å². The van der Waals surface area contributed by atoms with Crippen LogP contribution in [-0.2, 0) is 0 Å². The van der Waals surface area contributed by atoms with E-state index >= 15 is 0 Å². The summed E-state index contributed by atoms with van der Waals surface area (Å²) in [5.41, 5.74) is 1.28. The molecular formula is C14H10Cl2FNO. The van der Waals surface area contributed by atoms with Crippen LogP contribution in [0.4, 0.5) is 10.1 Å². The van der Waals surface area contributed by atoms with E-state index in [1.54, 1.807) is 25.1 Å². The summed E-state index contributed by atoms with van der Waals surface area (Å²) in [5, 5.41) is 3.50. The molecule has 0 aliphatic heterocycles. The largest absolute Gasteiger partial charge is 0.322 e. The number of carbonyl (C=O) groups excluding carboxylic acids is 1. The van der Waals surface area contributed by atoms with Crippen molar-refractivity contribution >= 4 is 34.8 Å². The number of benzene rings is 2. The lowest BCUT2D eigenvalue weighted by molar-refractivity contribution is 0.102. The lowest BCUT2D eigenvalue weighted by Gasteiger charge is -2.09.